The Balaban J connectivity index is 2.32. The van der Waals surface area contributed by atoms with Gasteiger partial charge in [0, 0.05) is 5.56 Å². The van der Waals surface area contributed by atoms with E-state index in [9.17, 15) is 9.50 Å². The Hall–Kier alpha value is -1.79. The number of nitrogens with zero attached hydrogens (tertiary/aromatic N) is 3. The average Bonchev–Trinajstić information content (AvgIpc) is 3.23. The fourth-order valence-corrected chi connectivity index (χ4v) is 2.47. The number of aliphatic hydroxyl groups is 1. The molecule has 0 spiro atoms. The van der Waals surface area contributed by atoms with E-state index in [-0.39, 0.29) is 17.7 Å². The van der Waals surface area contributed by atoms with Crippen LogP contribution in [0.15, 0.2) is 46.2 Å². The lowest BCUT2D eigenvalue weighted by Crippen LogP contribution is -2.45. The van der Waals surface area contributed by atoms with Gasteiger partial charge in [0.2, 0.25) is 0 Å². The van der Waals surface area contributed by atoms with Gasteiger partial charge in [-0.2, -0.15) is 0 Å². The summed E-state index contributed by atoms with van der Waals surface area (Å²) >= 11 is 6.38. The first-order chi connectivity index (χ1) is 9.94. The molecule has 0 aromatic heterocycles. The van der Waals surface area contributed by atoms with Crippen LogP contribution in [0, 0.1) is 5.82 Å². The van der Waals surface area contributed by atoms with E-state index >= 15 is 0 Å². The Kier molecular flexibility index (Phi) is 4.39. The second-order valence-electron chi connectivity index (χ2n) is 4.97. The number of aliphatic imine (C=N–C) groups is 1. The molecular formula is C14H16ClFN4O. The lowest BCUT2D eigenvalue weighted by molar-refractivity contribution is 0.0982. The Labute approximate surface area is 127 Å². The first-order valence-electron chi connectivity index (χ1n) is 6.38. The van der Waals surface area contributed by atoms with E-state index < -0.39 is 16.3 Å². The summed E-state index contributed by atoms with van der Waals surface area (Å²) in [7, 11) is 0. The monoisotopic (exact) mass is 310 g/mol. The van der Waals surface area contributed by atoms with E-state index in [0.717, 1.165) is 6.34 Å². The third-order valence-corrected chi connectivity index (χ3v) is 4.34. The number of halogens is 2. The van der Waals surface area contributed by atoms with Crippen molar-refractivity contribution in [3.05, 3.63) is 42.2 Å². The fraction of sp³-hybridized carbons (Fsp3) is 0.357. The van der Waals surface area contributed by atoms with E-state index in [0.29, 0.717) is 12.8 Å². The van der Waals surface area contributed by atoms with Crippen LogP contribution in [0.1, 0.15) is 18.4 Å². The summed E-state index contributed by atoms with van der Waals surface area (Å²) in [5, 5.41) is 17.3. The van der Waals surface area contributed by atoms with Crippen molar-refractivity contribution in [2.24, 2.45) is 21.2 Å². The van der Waals surface area contributed by atoms with Gasteiger partial charge < -0.3 is 10.9 Å². The van der Waals surface area contributed by atoms with E-state index in [1.807, 2.05) is 0 Å². The third kappa shape index (κ3) is 2.96. The molecule has 0 aliphatic heterocycles. The predicted octanol–water partition coefficient (Wildman–Crippen LogP) is 2.70. The molecule has 21 heavy (non-hydrogen) atoms. The minimum absolute atomic E-state index is 0.0946. The minimum Gasteiger partial charge on any atom is -0.381 e. The molecule has 1 aromatic carbocycles. The first-order valence-corrected chi connectivity index (χ1v) is 6.76. The van der Waals surface area contributed by atoms with Crippen LogP contribution in [0.3, 0.4) is 0 Å². The molecular weight excluding hydrogens is 295 g/mol. The highest BCUT2D eigenvalue weighted by molar-refractivity contribution is 6.27. The van der Waals surface area contributed by atoms with Crippen molar-refractivity contribution in [3.8, 4) is 0 Å². The van der Waals surface area contributed by atoms with Crippen molar-refractivity contribution in [1.29, 1.82) is 0 Å². The SMILES string of the molecule is C=C(c1ccccc1F)C(O)(CN=CN=NN)C1(Cl)CC1. The predicted molar refractivity (Wildman–Crippen MR) is 80.6 cm³/mol. The molecule has 2 rings (SSSR count). The normalized spacial score (nSPS) is 19.8. The molecule has 1 atom stereocenters. The Morgan fingerprint density at radius 1 is 1.52 bits per heavy atom. The van der Waals surface area contributed by atoms with Gasteiger partial charge in [-0.25, -0.2) is 4.39 Å². The largest absolute Gasteiger partial charge is 0.381 e. The molecule has 1 aliphatic rings. The average molecular weight is 311 g/mol. The van der Waals surface area contributed by atoms with Gasteiger partial charge in [0.25, 0.3) is 0 Å². The van der Waals surface area contributed by atoms with Gasteiger partial charge in [-0.1, -0.05) is 30.0 Å². The van der Waals surface area contributed by atoms with Crippen molar-refractivity contribution >= 4 is 23.5 Å². The molecule has 1 unspecified atom stereocenters. The zero-order valence-electron chi connectivity index (χ0n) is 11.3. The zero-order valence-corrected chi connectivity index (χ0v) is 12.1. The van der Waals surface area contributed by atoms with Gasteiger partial charge in [0.1, 0.15) is 17.8 Å². The van der Waals surface area contributed by atoms with E-state index in [1.54, 1.807) is 18.2 Å². The molecule has 112 valence electrons. The van der Waals surface area contributed by atoms with Crippen molar-refractivity contribution < 1.29 is 9.50 Å². The van der Waals surface area contributed by atoms with E-state index in [1.165, 1.54) is 6.07 Å². The summed E-state index contributed by atoms with van der Waals surface area (Å²) in [6, 6.07) is 6.09. The van der Waals surface area contributed by atoms with Gasteiger partial charge in [-0.3, -0.25) is 4.99 Å². The van der Waals surface area contributed by atoms with Gasteiger partial charge in [0.15, 0.2) is 0 Å². The highest BCUT2D eigenvalue weighted by Gasteiger charge is 2.59. The highest BCUT2D eigenvalue weighted by atomic mass is 35.5. The van der Waals surface area contributed by atoms with Crippen LogP contribution in [0.5, 0.6) is 0 Å². The van der Waals surface area contributed by atoms with Crippen molar-refractivity contribution in [3.63, 3.8) is 0 Å². The van der Waals surface area contributed by atoms with Crippen LogP contribution in [0.2, 0.25) is 0 Å². The highest BCUT2D eigenvalue weighted by Crippen LogP contribution is 2.55. The van der Waals surface area contributed by atoms with E-state index in [4.69, 9.17) is 17.4 Å². The number of hydrogen-bond donors (Lipinski definition) is 2. The van der Waals surface area contributed by atoms with Crippen LogP contribution in [0.25, 0.3) is 5.57 Å². The van der Waals surface area contributed by atoms with Gasteiger partial charge in [-0.05, 0) is 24.5 Å². The molecule has 0 bridgehead atoms. The quantitative estimate of drug-likeness (QED) is 0.211. The minimum atomic E-state index is -1.56. The van der Waals surface area contributed by atoms with Crippen molar-refractivity contribution in [1.82, 2.24) is 0 Å². The smallest absolute Gasteiger partial charge is 0.134 e. The molecule has 1 aliphatic carbocycles. The summed E-state index contributed by atoms with van der Waals surface area (Å²) in [4.78, 5) is 3.05. The standard InChI is InChI=1S/C14H16ClFN4O/c1-10(11-4-2-3-5-12(11)16)14(21,13(15)6-7-13)8-18-9-19-20-17/h2-5,9,21H,1,6-8H2,(H2,17,18,19). The van der Waals surface area contributed by atoms with Crippen molar-refractivity contribution in [2.45, 2.75) is 23.3 Å². The lowest BCUT2D eigenvalue weighted by atomic mass is 9.84. The molecule has 7 heteroatoms. The number of nitrogens with two attached hydrogens (primary N) is 1. The summed E-state index contributed by atoms with van der Waals surface area (Å²) in [5.41, 5.74) is -1.13. The maximum atomic E-state index is 13.9. The zero-order chi connectivity index (χ0) is 15.5. The summed E-state index contributed by atoms with van der Waals surface area (Å²) in [5.74, 6) is 4.39. The third-order valence-electron chi connectivity index (χ3n) is 3.65. The summed E-state index contributed by atoms with van der Waals surface area (Å²) in [6.45, 7) is 3.74. The molecule has 1 fully saturated rings. The van der Waals surface area contributed by atoms with Gasteiger partial charge >= 0.3 is 0 Å². The van der Waals surface area contributed by atoms with Crippen LogP contribution in [-0.4, -0.2) is 28.5 Å². The van der Waals surface area contributed by atoms with Crippen molar-refractivity contribution in [2.75, 3.05) is 6.54 Å². The van der Waals surface area contributed by atoms with Crippen LogP contribution in [0.4, 0.5) is 4.39 Å². The van der Waals surface area contributed by atoms with Crippen LogP contribution >= 0.6 is 11.6 Å². The number of rotatable bonds is 6. The van der Waals surface area contributed by atoms with E-state index in [2.05, 4.69) is 21.9 Å². The maximum Gasteiger partial charge on any atom is 0.134 e. The number of alkyl halides is 1. The summed E-state index contributed by atoms with van der Waals surface area (Å²) in [6.07, 6.45) is 2.32. The van der Waals surface area contributed by atoms with Gasteiger partial charge in [0.05, 0.1) is 11.4 Å². The Bertz CT molecular complexity index is 600. The number of hydrogen-bond acceptors (Lipinski definition) is 3. The van der Waals surface area contributed by atoms with Crippen LogP contribution in [-0.2, 0) is 0 Å². The molecule has 0 radical (unpaired) electrons. The van der Waals surface area contributed by atoms with Crippen LogP contribution < -0.4 is 5.84 Å². The molecule has 3 N–H and O–H groups in total. The second kappa shape index (κ2) is 5.91. The maximum absolute atomic E-state index is 13.9. The molecule has 1 aromatic rings. The molecule has 5 nitrogen and oxygen atoms in total. The number of benzene rings is 1. The molecule has 0 saturated heterocycles. The summed E-state index contributed by atoms with van der Waals surface area (Å²) < 4.78 is 13.9. The topological polar surface area (TPSA) is 83.3 Å². The fourth-order valence-electron chi connectivity index (χ4n) is 2.20. The first kappa shape index (κ1) is 15.6. The Morgan fingerprint density at radius 2 is 2.19 bits per heavy atom. The molecule has 1 saturated carbocycles. The molecule has 0 heterocycles. The Morgan fingerprint density at radius 3 is 2.76 bits per heavy atom. The second-order valence-corrected chi connectivity index (χ2v) is 5.69. The molecule has 0 amide bonds. The van der Waals surface area contributed by atoms with Gasteiger partial charge in [-0.15, -0.1) is 16.7 Å². The lowest BCUT2D eigenvalue weighted by Gasteiger charge is -2.33.